The lowest BCUT2D eigenvalue weighted by Crippen LogP contribution is -2.45. The van der Waals surface area contributed by atoms with Gasteiger partial charge in [-0.3, -0.25) is 4.79 Å². The van der Waals surface area contributed by atoms with Crippen molar-refractivity contribution in [1.82, 2.24) is 5.32 Å². The van der Waals surface area contributed by atoms with Crippen molar-refractivity contribution in [3.05, 3.63) is 0 Å². The zero-order valence-corrected chi connectivity index (χ0v) is 9.51. The molecule has 0 aromatic rings. The second kappa shape index (κ2) is 5.99. The summed E-state index contributed by atoms with van der Waals surface area (Å²) in [5.74, 6) is -0.175. The molecule has 1 rings (SSSR count). The van der Waals surface area contributed by atoms with Crippen LogP contribution < -0.4 is 11.1 Å². The zero-order chi connectivity index (χ0) is 11.3. The highest BCUT2D eigenvalue weighted by Gasteiger charge is 2.22. The minimum Gasteiger partial charge on any atom is -0.393 e. The van der Waals surface area contributed by atoms with Gasteiger partial charge in [-0.15, -0.1) is 0 Å². The minimum absolute atomic E-state index is 0.00606. The number of thiocarbonyl (C=S) groups is 1. The summed E-state index contributed by atoms with van der Waals surface area (Å²) >= 11 is 4.80. The SMILES string of the molecule is CC(CNC(=O)C1COCCO1)C(N)=S. The van der Waals surface area contributed by atoms with E-state index in [4.69, 9.17) is 27.4 Å². The van der Waals surface area contributed by atoms with Crippen LogP contribution in [-0.2, 0) is 14.3 Å². The summed E-state index contributed by atoms with van der Waals surface area (Å²) in [5, 5.41) is 2.72. The fourth-order valence-electron chi connectivity index (χ4n) is 1.11. The average Bonchev–Trinajstić information content (AvgIpc) is 2.26. The maximum atomic E-state index is 11.5. The minimum atomic E-state index is -0.503. The smallest absolute Gasteiger partial charge is 0.251 e. The summed E-state index contributed by atoms with van der Waals surface area (Å²) < 4.78 is 10.4. The maximum Gasteiger partial charge on any atom is 0.251 e. The lowest BCUT2D eigenvalue weighted by Gasteiger charge is -2.22. The summed E-state index contributed by atoms with van der Waals surface area (Å²) in [6.45, 7) is 3.62. The summed E-state index contributed by atoms with van der Waals surface area (Å²) in [5.41, 5.74) is 5.42. The Balaban J connectivity index is 2.25. The van der Waals surface area contributed by atoms with Gasteiger partial charge in [0, 0.05) is 12.5 Å². The standard InChI is InChI=1S/C9H16N2O3S/c1-6(8(10)15)4-11-9(12)7-5-13-2-3-14-7/h6-7H,2-5H2,1H3,(H2,10,15)(H,11,12). The van der Waals surface area contributed by atoms with Gasteiger partial charge in [-0.05, 0) is 0 Å². The van der Waals surface area contributed by atoms with Gasteiger partial charge in [-0.2, -0.15) is 0 Å². The van der Waals surface area contributed by atoms with Gasteiger partial charge < -0.3 is 20.5 Å². The number of nitrogens with two attached hydrogens (primary N) is 1. The van der Waals surface area contributed by atoms with Crippen LogP contribution in [0.4, 0.5) is 0 Å². The second-order valence-electron chi connectivity index (χ2n) is 3.48. The van der Waals surface area contributed by atoms with Crippen LogP contribution >= 0.6 is 12.2 Å². The molecule has 1 fully saturated rings. The molecule has 0 aromatic heterocycles. The van der Waals surface area contributed by atoms with Crippen molar-refractivity contribution in [1.29, 1.82) is 0 Å². The molecular weight excluding hydrogens is 216 g/mol. The number of rotatable bonds is 4. The lowest BCUT2D eigenvalue weighted by molar-refractivity contribution is -0.147. The molecule has 1 amide bonds. The van der Waals surface area contributed by atoms with Crippen molar-refractivity contribution >= 4 is 23.1 Å². The number of carbonyl (C=O) groups excluding carboxylic acids is 1. The van der Waals surface area contributed by atoms with Crippen LogP contribution in [-0.4, -0.2) is 43.4 Å². The van der Waals surface area contributed by atoms with Crippen LogP contribution in [0.25, 0.3) is 0 Å². The molecule has 2 atom stereocenters. The van der Waals surface area contributed by atoms with Gasteiger partial charge in [0.25, 0.3) is 5.91 Å². The topological polar surface area (TPSA) is 73.6 Å². The maximum absolute atomic E-state index is 11.5. The van der Waals surface area contributed by atoms with Gasteiger partial charge in [-0.25, -0.2) is 0 Å². The molecule has 0 aromatic carbocycles. The van der Waals surface area contributed by atoms with Crippen molar-refractivity contribution < 1.29 is 14.3 Å². The molecule has 0 bridgehead atoms. The van der Waals surface area contributed by atoms with Crippen LogP contribution in [0, 0.1) is 5.92 Å². The third-order valence-corrected chi connectivity index (χ3v) is 2.58. The van der Waals surface area contributed by atoms with Gasteiger partial charge in [0.2, 0.25) is 0 Å². The molecule has 0 spiro atoms. The molecule has 5 nitrogen and oxygen atoms in total. The largest absolute Gasteiger partial charge is 0.393 e. The van der Waals surface area contributed by atoms with Gasteiger partial charge >= 0.3 is 0 Å². The Morgan fingerprint density at radius 1 is 1.67 bits per heavy atom. The second-order valence-corrected chi connectivity index (χ2v) is 3.95. The molecule has 0 radical (unpaired) electrons. The van der Waals surface area contributed by atoms with Crippen LogP contribution in [0.2, 0.25) is 0 Å². The molecule has 86 valence electrons. The molecule has 1 heterocycles. The Hall–Kier alpha value is -0.720. The normalized spacial score (nSPS) is 23.1. The van der Waals surface area contributed by atoms with Crippen LogP contribution in [0.1, 0.15) is 6.92 Å². The Bertz CT molecular complexity index is 242. The number of nitrogens with one attached hydrogen (secondary N) is 1. The van der Waals surface area contributed by atoms with Crippen LogP contribution in [0.15, 0.2) is 0 Å². The van der Waals surface area contributed by atoms with Crippen molar-refractivity contribution in [2.45, 2.75) is 13.0 Å². The first-order valence-corrected chi connectivity index (χ1v) is 5.28. The fourth-order valence-corrected chi connectivity index (χ4v) is 1.19. The van der Waals surface area contributed by atoms with E-state index in [1.807, 2.05) is 6.92 Å². The quantitative estimate of drug-likeness (QED) is 0.636. The molecule has 3 N–H and O–H groups in total. The van der Waals surface area contributed by atoms with E-state index in [0.29, 0.717) is 31.4 Å². The number of carbonyl (C=O) groups is 1. The molecule has 1 aliphatic heterocycles. The predicted molar refractivity (Wildman–Crippen MR) is 59.5 cm³/mol. The Labute approximate surface area is 94.3 Å². The summed E-state index contributed by atoms with van der Waals surface area (Å²) in [4.78, 5) is 11.9. The van der Waals surface area contributed by atoms with Crippen LogP contribution in [0.3, 0.4) is 0 Å². The molecule has 1 aliphatic rings. The first kappa shape index (κ1) is 12.4. The van der Waals surface area contributed by atoms with E-state index in [0.717, 1.165) is 0 Å². The number of amides is 1. The molecule has 2 unspecified atom stereocenters. The van der Waals surface area contributed by atoms with Crippen molar-refractivity contribution in [2.75, 3.05) is 26.4 Å². The van der Waals surface area contributed by atoms with Crippen molar-refractivity contribution in [3.63, 3.8) is 0 Å². The van der Waals surface area contributed by atoms with Crippen LogP contribution in [0.5, 0.6) is 0 Å². The molecule has 15 heavy (non-hydrogen) atoms. The first-order chi connectivity index (χ1) is 7.11. The summed E-state index contributed by atoms with van der Waals surface area (Å²) in [6, 6.07) is 0. The molecule has 1 saturated heterocycles. The van der Waals surface area contributed by atoms with E-state index in [2.05, 4.69) is 5.32 Å². The number of hydrogen-bond donors (Lipinski definition) is 2. The van der Waals surface area contributed by atoms with Gasteiger partial charge in [0.1, 0.15) is 0 Å². The Morgan fingerprint density at radius 2 is 2.40 bits per heavy atom. The lowest BCUT2D eigenvalue weighted by atomic mass is 10.2. The third-order valence-electron chi connectivity index (χ3n) is 2.18. The van der Waals surface area contributed by atoms with Crippen molar-refractivity contribution in [3.8, 4) is 0 Å². The average molecular weight is 232 g/mol. The molecule has 0 aliphatic carbocycles. The highest BCUT2D eigenvalue weighted by atomic mass is 32.1. The van der Waals surface area contributed by atoms with Gasteiger partial charge in [0.05, 0.1) is 24.8 Å². The number of hydrogen-bond acceptors (Lipinski definition) is 4. The monoisotopic (exact) mass is 232 g/mol. The van der Waals surface area contributed by atoms with Crippen molar-refractivity contribution in [2.24, 2.45) is 11.7 Å². The van der Waals surface area contributed by atoms with E-state index in [1.54, 1.807) is 0 Å². The highest BCUT2D eigenvalue weighted by Crippen LogP contribution is 2.01. The van der Waals surface area contributed by atoms with E-state index in [-0.39, 0.29) is 11.8 Å². The number of ether oxygens (including phenoxy) is 2. The van der Waals surface area contributed by atoms with E-state index >= 15 is 0 Å². The third kappa shape index (κ3) is 4.11. The summed E-state index contributed by atoms with van der Waals surface area (Å²) in [7, 11) is 0. The first-order valence-electron chi connectivity index (χ1n) is 4.87. The zero-order valence-electron chi connectivity index (χ0n) is 8.69. The Morgan fingerprint density at radius 3 is 2.93 bits per heavy atom. The predicted octanol–water partition coefficient (Wildman–Crippen LogP) is -0.560. The molecular formula is C9H16N2O3S. The van der Waals surface area contributed by atoms with E-state index < -0.39 is 6.10 Å². The molecule has 0 saturated carbocycles. The Kier molecular flexibility index (Phi) is 4.93. The molecule has 6 heteroatoms. The van der Waals surface area contributed by atoms with E-state index in [1.165, 1.54) is 0 Å². The van der Waals surface area contributed by atoms with Gasteiger partial charge in [-0.1, -0.05) is 19.1 Å². The summed E-state index contributed by atoms with van der Waals surface area (Å²) in [6.07, 6.45) is -0.503. The van der Waals surface area contributed by atoms with Gasteiger partial charge in [0.15, 0.2) is 6.10 Å². The highest BCUT2D eigenvalue weighted by molar-refractivity contribution is 7.80. The van der Waals surface area contributed by atoms with E-state index in [9.17, 15) is 4.79 Å². The fraction of sp³-hybridized carbons (Fsp3) is 0.778.